The summed E-state index contributed by atoms with van der Waals surface area (Å²) in [6, 6.07) is 5.38. The van der Waals surface area contributed by atoms with Gasteiger partial charge in [-0.1, -0.05) is 12.1 Å². The third-order valence-electron chi connectivity index (χ3n) is 3.37. The molecule has 1 atom stereocenters. The second-order valence-electron chi connectivity index (χ2n) is 4.57. The number of rotatable bonds is 1. The molecule has 3 rings (SSSR count). The van der Waals surface area contributed by atoms with Crippen molar-refractivity contribution in [3.05, 3.63) is 46.0 Å². The van der Waals surface area contributed by atoms with E-state index in [1.54, 1.807) is 12.1 Å². The quantitative estimate of drug-likeness (QED) is 0.864. The topological polar surface area (TPSA) is 38.9 Å². The highest BCUT2D eigenvalue weighted by Gasteiger charge is 2.32. The highest BCUT2D eigenvalue weighted by molar-refractivity contribution is 7.15. The van der Waals surface area contributed by atoms with Crippen LogP contribution in [-0.2, 0) is 12.6 Å². The molecule has 1 aromatic heterocycles. The molecule has 0 bridgehead atoms. The first-order valence-electron chi connectivity index (χ1n) is 5.87. The maximum Gasteiger partial charge on any atom is 0.416 e. The lowest BCUT2D eigenvalue weighted by molar-refractivity contribution is -0.137. The van der Waals surface area contributed by atoms with Crippen molar-refractivity contribution >= 4 is 16.5 Å². The van der Waals surface area contributed by atoms with Crippen molar-refractivity contribution in [3.63, 3.8) is 0 Å². The molecule has 1 aliphatic carbocycles. The summed E-state index contributed by atoms with van der Waals surface area (Å²) in [4.78, 5) is 5.33. The molecule has 19 heavy (non-hydrogen) atoms. The largest absolute Gasteiger partial charge is 0.416 e. The van der Waals surface area contributed by atoms with Gasteiger partial charge in [0.2, 0.25) is 0 Å². The summed E-state index contributed by atoms with van der Waals surface area (Å²) in [6.07, 6.45) is -2.55. The predicted molar refractivity (Wildman–Crippen MR) is 68.1 cm³/mol. The minimum atomic E-state index is -4.28. The normalized spacial score (nSPS) is 18.6. The van der Waals surface area contributed by atoms with E-state index in [1.807, 2.05) is 0 Å². The van der Waals surface area contributed by atoms with Crippen molar-refractivity contribution in [3.8, 4) is 0 Å². The van der Waals surface area contributed by atoms with Gasteiger partial charge in [-0.05, 0) is 30.5 Å². The molecule has 0 saturated heterocycles. The minimum Gasteiger partial charge on any atom is -0.375 e. The molecule has 0 amide bonds. The van der Waals surface area contributed by atoms with Gasteiger partial charge < -0.3 is 5.73 Å². The standard InChI is InChI=1S/C13H11F3N2S/c14-13(15,16)8-3-1-7(2-4-8)9-5-6-10-11(9)19-12(17)18-10/h1-4,9H,5-6H2,(H2,17,18). The summed E-state index contributed by atoms with van der Waals surface area (Å²) in [5, 5.41) is 0.529. The van der Waals surface area contributed by atoms with Gasteiger partial charge in [-0.3, -0.25) is 0 Å². The van der Waals surface area contributed by atoms with E-state index in [0.29, 0.717) is 5.13 Å². The van der Waals surface area contributed by atoms with Crippen LogP contribution in [-0.4, -0.2) is 4.98 Å². The molecular weight excluding hydrogens is 273 g/mol. The molecule has 100 valence electrons. The van der Waals surface area contributed by atoms with E-state index in [9.17, 15) is 13.2 Å². The molecule has 2 aromatic rings. The van der Waals surface area contributed by atoms with Crippen LogP contribution in [0.4, 0.5) is 18.3 Å². The number of nitrogen functional groups attached to an aromatic ring is 1. The molecule has 1 aromatic carbocycles. The van der Waals surface area contributed by atoms with Crippen molar-refractivity contribution < 1.29 is 13.2 Å². The molecular formula is C13H11F3N2S. The van der Waals surface area contributed by atoms with Crippen molar-refractivity contribution in [2.75, 3.05) is 5.73 Å². The summed E-state index contributed by atoms with van der Waals surface area (Å²) in [5.74, 6) is 0.132. The van der Waals surface area contributed by atoms with Gasteiger partial charge in [-0.25, -0.2) is 4.98 Å². The first kappa shape index (κ1) is 12.5. The van der Waals surface area contributed by atoms with Gasteiger partial charge in [0.05, 0.1) is 11.3 Å². The number of hydrogen-bond donors (Lipinski definition) is 1. The van der Waals surface area contributed by atoms with E-state index in [2.05, 4.69) is 4.98 Å². The Morgan fingerprint density at radius 1 is 1.21 bits per heavy atom. The number of aryl methyl sites for hydroxylation is 1. The maximum absolute atomic E-state index is 12.5. The average molecular weight is 284 g/mol. The molecule has 2 nitrogen and oxygen atoms in total. The summed E-state index contributed by atoms with van der Waals surface area (Å²) in [5.41, 5.74) is 6.95. The van der Waals surface area contributed by atoms with Crippen LogP contribution in [0.1, 0.15) is 34.0 Å². The number of anilines is 1. The number of fused-ring (bicyclic) bond motifs is 1. The highest BCUT2D eigenvalue weighted by Crippen LogP contribution is 2.42. The van der Waals surface area contributed by atoms with E-state index in [4.69, 9.17) is 5.73 Å². The Balaban J connectivity index is 1.92. The SMILES string of the molecule is Nc1nc2c(s1)C(c1ccc(C(F)(F)F)cc1)CC2. The Labute approximate surface area is 112 Å². The molecule has 1 unspecified atom stereocenters. The summed E-state index contributed by atoms with van der Waals surface area (Å²) < 4.78 is 37.5. The number of nitrogens with zero attached hydrogens (tertiary/aromatic N) is 1. The van der Waals surface area contributed by atoms with E-state index in [-0.39, 0.29) is 5.92 Å². The summed E-state index contributed by atoms with van der Waals surface area (Å²) in [7, 11) is 0. The van der Waals surface area contributed by atoms with E-state index < -0.39 is 11.7 Å². The Morgan fingerprint density at radius 2 is 1.89 bits per heavy atom. The zero-order valence-electron chi connectivity index (χ0n) is 9.87. The zero-order chi connectivity index (χ0) is 13.6. The van der Waals surface area contributed by atoms with Crippen LogP contribution >= 0.6 is 11.3 Å². The van der Waals surface area contributed by atoms with Crippen molar-refractivity contribution in [1.29, 1.82) is 0 Å². The van der Waals surface area contributed by atoms with Crippen LogP contribution in [0.5, 0.6) is 0 Å². The van der Waals surface area contributed by atoms with Crippen LogP contribution in [0.3, 0.4) is 0 Å². The van der Waals surface area contributed by atoms with Crippen LogP contribution in [0.2, 0.25) is 0 Å². The first-order valence-corrected chi connectivity index (χ1v) is 6.69. The fourth-order valence-electron chi connectivity index (χ4n) is 2.47. The third kappa shape index (κ3) is 2.20. The Hall–Kier alpha value is -1.56. The zero-order valence-corrected chi connectivity index (χ0v) is 10.7. The fraction of sp³-hybridized carbons (Fsp3) is 0.308. The number of benzene rings is 1. The Morgan fingerprint density at radius 3 is 2.53 bits per heavy atom. The van der Waals surface area contributed by atoms with Crippen molar-refractivity contribution in [2.45, 2.75) is 24.9 Å². The molecule has 0 spiro atoms. The lowest BCUT2D eigenvalue weighted by Crippen LogP contribution is -2.05. The van der Waals surface area contributed by atoms with Crippen LogP contribution in [0.25, 0.3) is 0 Å². The van der Waals surface area contributed by atoms with Gasteiger partial charge in [-0.2, -0.15) is 13.2 Å². The molecule has 0 aliphatic heterocycles. The Kier molecular flexibility index (Phi) is 2.78. The average Bonchev–Trinajstić information content (AvgIpc) is 2.86. The second kappa shape index (κ2) is 4.23. The Bertz CT molecular complexity index is 601. The molecule has 1 heterocycles. The van der Waals surface area contributed by atoms with Crippen LogP contribution in [0, 0.1) is 0 Å². The smallest absolute Gasteiger partial charge is 0.375 e. The molecule has 0 radical (unpaired) electrons. The van der Waals surface area contributed by atoms with Gasteiger partial charge in [0.15, 0.2) is 5.13 Å². The molecule has 0 fully saturated rings. The predicted octanol–water partition coefficient (Wildman–Crippen LogP) is 3.82. The molecule has 0 saturated carbocycles. The molecule has 6 heteroatoms. The highest BCUT2D eigenvalue weighted by atomic mass is 32.1. The molecule has 1 aliphatic rings. The minimum absolute atomic E-state index is 0.132. The van der Waals surface area contributed by atoms with Gasteiger partial charge in [-0.15, -0.1) is 11.3 Å². The lowest BCUT2D eigenvalue weighted by atomic mass is 9.97. The van der Waals surface area contributed by atoms with Gasteiger partial charge in [0.1, 0.15) is 0 Å². The number of thiazole rings is 1. The number of halogens is 3. The van der Waals surface area contributed by atoms with Gasteiger partial charge in [0.25, 0.3) is 0 Å². The van der Waals surface area contributed by atoms with Gasteiger partial charge in [0, 0.05) is 10.8 Å². The van der Waals surface area contributed by atoms with Crippen molar-refractivity contribution in [1.82, 2.24) is 4.98 Å². The van der Waals surface area contributed by atoms with E-state index >= 15 is 0 Å². The number of alkyl halides is 3. The van der Waals surface area contributed by atoms with Crippen LogP contribution < -0.4 is 5.73 Å². The van der Waals surface area contributed by atoms with E-state index in [1.165, 1.54) is 11.3 Å². The molecule has 2 N–H and O–H groups in total. The van der Waals surface area contributed by atoms with Gasteiger partial charge >= 0.3 is 6.18 Å². The third-order valence-corrected chi connectivity index (χ3v) is 4.41. The van der Waals surface area contributed by atoms with E-state index in [0.717, 1.165) is 41.1 Å². The van der Waals surface area contributed by atoms with Crippen molar-refractivity contribution in [2.24, 2.45) is 0 Å². The number of nitrogens with two attached hydrogens (primary N) is 1. The number of hydrogen-bond acceptors (Lipinski definition) is 3. The lowest BCUT2D eigenvalue weighted by Gasteiger charge is -2.12. The monoisotopic (exact) mass is 284 g/mol. The fourth-order valence-corrected chi connectivity index (χ4v) is 3.51. The first-order chi connectivity index (χ1) is 8.95. The summed E-state index contributed by atoms with van der Waals surface area (Å²) >= 11 is 1.43. The summed E-state index contributed by atoms with van der Waals surface area (Å²) in [6.45, 7) is 0. The number of aromatic nitrogens is 1. The van der Waals surface area contributed by atoms with Crippen LogP contribution in [0.15, 0.2) is 24.3 Å². The second-order valence-corrected chi connectivity index (χ2v) is 5.64. The maximum atomic E-state index is 12.5.